The van der Waals surface area contributed by atoms with Crippen LogP contribution in [0.2, 0.25) is 10.0 Å². The quantitative estimate of drug-likeness (QED) is 0.646. The number of fused-ring (bicyclic) bond motifs is 1. The van der Waals surface area contributed by atoms with Gasteiger partial charge in [0.15, 0.2) is 5.58 Å². The van der Waals surface area contributed by atoms with E-state index >= 15 is 0 Å². The van der Waals surface area contributed by atoms with Gasteiger partial charge in [-0.2, -0.15) is 5.10 Å². The second-order valence-corrected chi connectivity index (χ2v) is 8.66. The van der Waals surface area contributed by atoms with E-state index in [-0.39, 0.29) is 27.4 Å². The molecular weight excluding hydrogens is 403 g/mol. The molecule has 0 amide bonds. The molecule has 0 radical (unpaired) electrons. The molecule has 0 spiro atoms. The highest BCUT2D eigenvalue weighted by atomic mass is 35.5. The molecule has 0 unspecified atom stereocenters. The van der Waals surface area contributed by atoms with Crippen molar-refractivity contribution in [3.05, 3.63) is 50.2 Å². The summed E-state index contributed by atoms with van der Waals surface area (Å²) < 4.78 is 32.6. The molecule has 8 nitrogen and oxygen atoms in total. The van der Waals surface area contributed by atoms with Crippen molar-refractivity contribution < 1.29 is 12.8 Å². The number of oxazole rings is 1. The Bertz CT molecular complexity index is 1170. The number of sulfonamides is 1. The van der Waals surface area contributed by atoms with Crippen LogP contribution in [0.3, 0.4) is 0 Å². The van der Waals surface area contributed by atoms with Gasteiger partial charge in [-0.05, 0) is 24.6 Å². The van der Waals surface area contributed by atoms with E-state index in [1.165, 1.54) is 26.4 Å². The number of aryl methyl sites for hydroxylation is 1. The lowest BCUT2D eigenvalue weighted by molar-refractivity contribution is 0.481. The Balaban J connectivity index is 2.06. The first-order valence-corrected chi connectivity index (χ1v) is 9.54. The summed E-state index contributed by atoms with van der Waals surface area (Å²) in [6, 6.07) is 3.03. The van der Waals surface area contributed by atoms with Gasteiger partial charge in [0.25, 0.3) is 5.56 Å². The Morgan fingerprint density at radius 3 is 2.62 bits per heavy atom. The van der Waals surface area contributed by atoms with Crippen LogP contribution < -0.4 is 5.56 Å². The summed E-state index contributed by atoms with van der Waals surface area (Å²) in [6.45, 7) is 1.60. The average molecular weight is 417 g/mol. The summed E-state index contributed by atoms with van der Waals surface area (Å²) in [7, 11) is -0.706. The number of aromatic nitrogens is 3. The summed E-state index contributed by atoms with van der Waals surface area (Å²) in [5, 5.41) is 3.80. The maximum absolute atomic E-state index is 12.4. The monoisotopic (exact) mass is 416 g/mol. The molecular formula is C15H14Cl2N4O4S. The Hall–Kier alpha value is -1.94. The Kier molecular flexibility index (Phi) is 4.82. The molecule has 0 fully saturated rings. The zero-order valence-corrected chi connectivity index (χ0v) is 16.4. The fourth-order valence-corrected chi connectivity index (χ4v) is 3.72. The number of rotatable bonds is 4. The van der Waals surface area contributed by atoms with Crippen molar-refractivity contribution >= 4 is 44.3 Å². The standard InChI is InChI=1S/C15H14Cl2N4O4S/c1-8-4-11-10(5-12(8)26(23,24)20(2)3)19-13(25-11)7-21-15(22)14(17)9(16)6-18-21/h4-6H,7H2,1-3H3. The third-order valence-electron chi connectivity index (χ3n) is 3.72. The van der Waals surface area contributed by atoms with Crippen molar-refractivity contribution in [1.29, 1.82) is 0 Å². The third kappa shape index (κ3) is 3.23. The number of halogens is 2. The molecule has 0 aliphatic heterocycles. The van der Waals surface area contributed by atoms with Gasteiger partial charge in [0, 0.05) is 14.1 Å². The van der Waals surface area contributed by atoms with E-state index in [0.29, 0.717) is 16.7 Å². The second kappa shape index (κ2) is 6.66. The minimum Gasteiger partial charge on any atom is -0.439 e. The zero-order chi connectivity index (χ0) is 19.2. The van der Waals surface area contributed by atoms with Crippen molar-refractivity contribution in [3.8, 4) is 0 Å². The van der Waals surface area contributed by atoms with Crippen LogP contribution in [0.15, 0.2) is 32.4 Å². The lowest BCUT2D eigenvalue weighted by atomic mass is 10.2. The molecule has 11 heteroatoms. The van der Waals surface area contributed by atoms with Crippen molar-refractivity contribution in [1.82, 2.24) is 19.1 Å². The van der Waals surface area contributed by atoms with Crippen molar-refractivity contribution in [2.24, 2.45) is 0 Å². The SMILES string of the molecule is Cc1cc2oc(Cn3ncc(Cl)c(Cl)c3=O)nc2cc1S(=O)(=O)N(C)C. The van der Waals surface area contributed by atoms with Crippen molar-refractivity contribution in [2.75, 3.05) is 14.1 Å². The topological polar surface area (TPSA) is 98.3 Å². The molecule has 26 heavy (non-hydrogen) atoms. The van der Waals surface area contributed by atoms with Crippen LogP contribution in [0.25, 0.3) is 11.1 Å². The van der Waals surface area contributed by atoms with Crippen LogP contribution in [0, 0.1) is 6.92 Å². The van der Waals surface area contributed by atoms with E-state index in [9.17, 15) is 13.2 Å². The van der Waals surface area contributed by atoms with Gasteiger partial charge in [0.05, 0.1) is 16.1 Å². The van der Waals surface area contributed by atoms with Gasteiger partial charge in [-0.1, -0.05) is 23.2 Å². The van der Waals surface area contributed by atoms with Crippen molar-refractivity contribution in [3.63, 3.8) is 0 Å². The van der Waals surface area contributed by atoms with Gasteiger partial charge in [0.2, 0.25) is 15.9 Å². The first-order valence-electron chi connectivity index (χ1n) is 7.35. The minimum absolute atomic E-state index is 0.0552. The molecule has 2 heterocycles. The van der Waals surface area contributed by atoms with E-state index < -0.39 is 15.6 Å². The van der Waals surface area contributed by atoms with Gasteiger partial charge >= 0.3 is 0 Å². The highest BCUT2D eigenvalue weighted by molar-refractivity contribution is 7.89. The van der Waals surface area contributed by atoms with E-state index in [2.05, 4.69) is 10.1 Å². The Labute approximate surface area is 159 Å². The van der Waals surface area contributed by atoms with Crippen molar-refractivity contribution in [2.45, 2.75) is 18.4 Å². The van der Waals surface area contributed by atoms with Crippen LogP contribution >= 0.6 is 23.2 Å². The fourth-order valence-electron chi connectivity index (χ4n) is 2.33. The van der Waals surface area contributed by atoms with Crippen LogP contribution in [0.1, 0.15) is 11.5 Å². The van der Waals surface area contributed by atoms with Gasteiger partial charge in [-0.3, -0.25) is 4.79 Å². The highest BCUT2D eigenvalue weighted by Gasteiger charge is 2.22. The van der Waals surface area contributed by atoms with E-state index in [0.717, 1.165) is 8.99 Å². The van der Waals surface area contributed by atoms with E-state index in [1.807, 2.05) is 0 Å². The van der Waals surface area contributed by atoms with Crippen LogP contribution in [-0.2, 0) is 16.6 Å². The van der Waals surface area contributed by atoms with Gasteiger partial charge in [0.1, 0.15) is 17.1 Å². The molecule has 0 saturated carbocycles. The maximum atomic E-state index is 12.4. The molecule has 2 aromatic heterocycles. The lowest BCUT2D eigenvalue weighted by Crippen LogP contribution is -2.23. The predicted octanol–water partition coefficient (Wildman–Crippen LogP) is 2.30. The highest BCUT2D eigenvalue weighted by Crippen LogP contribution is 2.25. The summed E-state index contributed by atoms with van der Waals surface area (Å²) in [5.41, 5.74) is 0.717. The number of hydrogen-bond donors (Lipinski definition) is 0. The summed E-state index contributed by atoms with van der Waals surface area (Å²) in [5.74, 6) is 0.187. The van der Waals surface area contributed by atoms with Gasteiger partial charge in [-0.15, -0.1) is 0 Å². The number of benzene rings is 1. The first kappa shape index (κ1) is 18.8. The molecule has 138 valence electrons. The van der Waals surface area contributed by atoms with E-state index in [4.69, 9.17) is 27.6 Å². The molecule has 0 N–H and O–H groups in total. The zero-order valence-electron chi connectivity index (χ0n) is 14.0. The van der Waals surface area contributed by atoms with Crippen LogP contribution in [0.4, 0.5) is 0 Å². The molecule has 0 aliphatic carbocycles. The Morgan fingerprint density at radius 2 is 1.96 bits per heavy atom. The molecule has 1 aromatic carbocycles. The molecule has 3 rings (SSSR count). The Morgan fingerprint density at radius 1 is 1.27 bits per heavy atom. The lowest BCUT2D eigenvalue weighted by Gasteiger charge is -2.13. The second-order valence-electron chi connectivity index (χ2n) is 5.75. The number of hydrogen-bond acceptors (Lipinski definition) is 6. The van der Waals surface area contributed by atoms with Crippen LogP contribution in [-0.4, -0.2) is 41.6 Å². The molecule has 0 atom stereocenters. The van der Waals surface area contributed by atoms with Gasteiger partial charge < -0.3 is 4.42 Å². The van der Waals surface area contributed by atoms with Crippen LogP contribution in [0.5, 0.6) is 0 Å². The summed E-state index contributed by atoms with van der Waals surface area (Å²) >= 11 is 11.6. The predicted molar refractivity (Wildman–Crippen MR) is 97.2 cm³/mol. The molecule has 0 saturated heterocycles. The first-order chi connectivity index (χ1) is 12.1. The average Bonchev–Trinajstić information content (AvgIpc) is 2.95. The fraction of sp³-hybridized carbons (Fsp3) is 0.267. The van der Waals surface area contributed by atoms with E-state index in [1.54, 1.807) is 13.0 Å². The maximum Gasteiger partial charge on any atom is 0.287 e. The summed E-state index contributed by atoms with van der Waals surface area (Å²) in [4.78, 5) is 16.4. The molecule has 3 aromatic rings. The number of nitrogens with zero attached hydrogens (tertiary/aromatic N) is 4. The van der Waals surface area contributed by atoms with Gasteiger partial charge in [-0.25, -0.2) is 22.4 Å². The minimum atomic E-state index is -3.61. The largest absolute Gasteiger partial charge is 0.439 e. The molecule has 0 aliphatic rings. The summed E-state index contributed by atoms with van der Waals surface area (Å²) in [6.07, 6.45) is 1.25. The molecule has 0 bridgehead atoms. The smallest absolute Gasteiger partial charge is 0.287 e. The normalized spacial score (nSPS) is 12.2. The third-order valence-corrected chi connectivity index (χ3v) is 6.42.